The molecule has 23 heavy (non-hydrogen) atoms. The number of anilines is 2. The summed E-state index contributed by atoms with van der Waals surface area (Å²) in [5.74, 6) is 0.560. The molecule has 1 amide bonds. The molecule has 0 saturated heterocycles. The second-order valence-corrected chi connectivity index (χ2v) is 6.42. The molecule has 8 nitrogen and oxygen atoms in total. The van der Waals surface area contributed by atoms with E-state index in [-0.39, 0.29) is 18.1 Å². The fraction of sp³-hybridized carbons (Fsp3) is 0.429. The van der Waals surface area contributed by atoms with Gasteiger partial charge in [0.2, 0.25) is 17.0 Å². The van der Waals surface area contributed by atoms with Crippen molar-refractivity contribution in [2.75, 3.05) is 23.8 Å². The minimum Gasteiger partial charge on any atom is -0.335 e. The molecule has 0 atom stereocenters. The highest BCUT2D eigenvalue weighted by Gasteiger charge is 2.13. The average molecular weight is 331 g/mol. The van der Waals surface area contributed by atoms with E-state index in [4.69, 9.17) is 5.26 Å². The highest BCUT2D eigenvalue weighted by molar-refractivity contribution is 7.15. The molecule has 0 aliphatic rings. The number of rotatable bonds is 6. The summed E-state index contributed by atoms with van der Waals surface area (Å²) in [5, 5.41) is 20.9. The molecule has 1 N–H and O–H groups in total. The molecule has 0 fully saturated rings. The molecule has 0 saturated carbocycles. The zero-order valence-electron chi connectivity index (χ0n) is 13.1. The van der Waals surface area contributed by atoms with Crippen molar-refractivity contribution in [1.82, 2.24) is 20.2 Å². The van der Waals surface area contributed by atoms with E-state index in [9.17, 15) is 4.79 Å². The summed E-state index contributed by atoms with van der Waals surface area (Å²) in [6, 6.07) is 3.45. The topological polar surface area (TPSA) is 108 Å². The van der Waals surface area contributed by atoms with E-state index in [2.05, 4.69) is 39.3 Å². The Morgan fingerprint density at radius 2 is 2.26 bits per heavy atom. The van der Waals surface area contributed by atoms with Gasteiger partial charge in [0, 0.05) is 19.7 Å². The first-order valence-corrected chi connectivity index (χ1v) is 7.86. The standard InChI is InChI=1S/C14H17N7OS/c1-9(2)6-12-19-20-14(23-12)18-11(22)8-21(3)13-16-5-4-10(7-15)17-13/h4-5,9H,6,8H2,1-3H3,(H,18,20,22). The third-order valence-corrected chi connectivity index (χ3v) is 3.64. The van der Waals surface area contributed by atoms with Crippen molar-refractivity contribution >= 4 is 28.3 Å². The molecule has 2 rings (SSSR count). The highest BCUT2D eigenvalue weighted by Crippen LogP contribution is 2.18. The lowest BCUT2D eigenvalue weighted by Crippen LogP contribution is -2.31. The van der Waals surface area contributed by atoms with Gasteiger partial charge in [-0.3, -0.25) is 10.1 Å². The number of carbonyl (C=O) groups excluding carboxylic acids is 1. The monoisotopic (exact) mass is 331 g/mol. The summed E-state index contributed by atoms with van der Waals surface area (Å²) < 4.78 is 0. The number of aromatic nitrogens is 4. The van der Waals surface area contributed by atoms with Crippen LogP contribution in [-0.2, 0) is 11.2 Å². The molecule has 0 aliphatic heterocycles. The van der Waals surface area contributed by atoms with Gasteiger partial charge >= 0.3 is 0 Å². The quantitative estimate of drug-likeness (QED) is 0.854. The van der Waals surface area contributed by atoms with Crippen molar-refractivity contribution < 1.29 is 4.79 Å². The molecule has 9 heteroatoms. The average Bonchev–Trinajstić information content (AvgIpc) is 2.93. The summed E-state index contributed by atoms with van der Waals surface area (Å²) in [6.45, 7) is 4.25. The Morgan fingerprint density at radius 1 is 1.48 bits per heavy atom. The Labute approximate surface area is 138 Å². The first kappa shape index (κ1) is 16.8. The summed E-state index contributed by atoms with van der Waals surface area (Å²) >= 11 is 1.37. The van der Waals surface area contributed by atoms with Crippen LogP contribution in [-0.4, -0.2) is 39.7 Å². The number of nitrogens with one attached hydrogen (secondary N) is 1. The van der Waals surface area contributed by atoms with Gasteiger partial charge in [-0.15, -0.1) is 10.2 Å². The van der Waals surface area contributed by atoms with Gasteiger partial charge in [-0.1, -0.05) is 25.2 Å². The Bertz CT molecular complexity index is 722. The van der Waals surface area contributed by atoms with Crippen LogP contribution in [0.5, 0.6) is 0 Å². The number of carbonyl (C=O) groups is 1. The maximum atomic E-state index is 12.0. The number of nitriles is 1. The molecule has 2 heterocycles. The first-order chi connectivity index (χ1) is 11.0. The molecule has 120 valence electrons. The van der Waals surface area contributed by atoms with Gasteiger partial charge in [0.05, 0.1) is 6.54 Å². The fourth-order valence-electron chi connectivity index (χ4n) is 1.78. The summed E-state index contributed by atoms with van der Waals surface area (Å²) in [4.78, 5) is 21.7. The Hall–Kier alpha value is -2.60. The third-order valence-electron chi connectivity index (χ3n) is 2.78. The predicted molar refractivity (Wildman–Crippen MR) is 87.1 cm³/mol. The van der Waals surface area contributed by atoms with Gasteiger partial charge in [0.25, 0.3) is 0 Å². The summed E-state index contributed by atoms with van der Waals surface area (Å²) in [5.41, 5.74) is 0.254. The minimum absolute atomic E-state index is 0.0496. The predicted octanol–water partition coefficient (Wildman–Crippen LogP) is 1.47. The molecule has 2 aromatic rings. The molecule has 0 radical (unpaired) electrons. The Morgan fingerprint density at radius 3 is 2.96 bits per heavy atom. The molecule has 0 bridgehead atoms. The largest absolute Gasteiger partial charge is 0.335 e. The fourth-order valence-corrected chi connectivity index (χ4v) is 2.74. The van der Waals surface area contributed by atoms with E-state index < -0.39 is 0 Å². The first-order valence-electron chi connectivity index (χ1n) is 7.04. The van der Waals surface area contributed by atoms with Gasteiger partial charge in [-0.25, -0.2) is 9.97 Å². The summed E-state index contributed by atoms with van der Waals surface area (Å²) in [7, 11) is 1.68. The Balaban J connectivity index is 1.93. The lowest BCUT2D eigenvalue weighted by Gasteiger charge is -2.15. The van der Waals surface area contributed by atoms with Crippen LogP contribution in [0.25, 0.3) is 0 Å². The number of hydrogen-bond acceptors (Lipinski definition) is 8. The SMILES string of the molecule is CC(C)Cc1nnc(NC(=O)CN(C)c2nccc(C#N)n2)s1. The summed E-state index contributed by atoms with van der Waals surface area (Å²) in [6.07, 6.45) is 2.32. The smallest absolute Gasteiger partial charge is 0.245 e. The molecular formula is C14H17N7OS. The normalized spacial score (nSPS) is 10.4. The lowest BCUT2D eigenvalue weighted by molar-refractivity contribution is -0.114. The molecule has 0 aromatic carbocycles. The van der Waals surface area contributed by atoms with Crippen LogP contribution < -0.4 is 10.2 Å². The van der Waals surface area contributed by atoms with E-state index in [1.165, 1.54) is 23.6 Å². The number of amides is 1. The van der Waals surface area contributed by atoms with Crippen LogP contribution in [0.2, 0.25) is 0 Å². The van der Waals surface area contributed by atoms with Gasteiger partial charge in [-0.05, 0) is 12.0 Å². The van der Waals surface area contributed by atoms with Crippen LogP contribution in [0.1, 0.15) is 24.5 Å². The van der Waals surface area contributed by atoms with Gasteiger partial charge in [0.15, 0.2) is 0 Å². The van der Waals surface area contributed by atoms with Crippen LogP contribution >= 0.6 is 11.3 Å². The zero-order valence-corrected chi connectivity index (χ0v) is 14.0. The third kappa shape index (κ3) is 4.96. The van der Waals surface area contributed by atoms with Crippen molar-refractivity contribution in [3.8, 4) is 6.07 Å². The molecular weight excluding hydrogens is 314 g/mol. The van der Waals surface area contributed by atoms with Gasteiger partial charge in [-0.2, -0.15) is 5.26 Å². The molecule has 0 aliphatic carbocycles. The van der Waals surface area contributed by atoms with Crippen molar-refractivity contribution in [1.29, 1.82) is 5.26 Å². The van der Waals surface area contributed by atoms with Crippen molar-refractivity contribution in [3.63, 3.8) is 0 Å². The van der Waals surface area contributed by atoms with Crippen LogP contribution in [0.15, 0.2) is 12.3 Å². The molecule has 0 spiro atoms. The maximum absolute atomic E-state index is 12.0. The second-order valence-electron chi connectivity index (χ2n) is 5.36. The second kappa shape index (κ2) is 7.60. The Kier molecular flexibility index (Phi) is 5.54. The van der Waals surface area contributed by atoms with E-state index in [0.29, 0.717) is 17.0 Å². The van der Waals surface area contributed by atoms with Crippen molar-refractivity contribution in [2.24, 2.45) is 5.92 Å². The van der Waals surface area contributed by atoms with Crippen LogP contribution in [0.4, 0.5) is 11.1 Å². The van der Waals surface area contributed by atoms with Crippen LogP contribution in [0, 0.1) is 17.2 Å². The molecule has 0 unspecified atom stereocenters. The number of hydrogen-bond donors (Lipinski definition) is 1. The highest BCUT2D eigenvalue weighted by atomic mass is 32.1. The van der Waals surface area contributed by atoms with Crippen molar-refractivity contribution in [2.45, 2.75) is 20.3 Å². The van der Waals surface area contributed by atoms with Crippen LogP contribution in [0.3, 0.4) is 0 Å². The van der Waals surface area contributed by atoms with E-state index >= 15 is 0 Å². The minimum atomic E-state index is -0.245. The zero-order chi connectivity index (χ0) is 16.8. The molecule has 2 aromatic heterocycles. The number of likely N-dealkylation sites (N-methyl/N-ethyl adjacent to an activating group) is 1. The number of nitrogens with zero attached hydrogens (tertiary/aromatic N) is 6. The lowest BCUT2D eigenvalue weighted by atomic mass is 10.1. The van der Waals surface area contributed by atoms with Crippen molar-refractivity contribution in [3.05, 3.63) is 23.0 Å². The maximum Gasteiger partial charge on any atom is 0.245 e. The van der Waals surface area contributed by atoms with E-state index in [0.717, 1.165) is 11.4 Å². The van der Waals surface area contributed by atoms with Gasteiger partial charge in [0.1, 0.15) is 16.8 Å². The van der Waals surface area contributed by atoms with Gasteiger partial charge < -0.3 is 4.90 Å². The van der Waals surface area contributed by atoms with E-state index in [1.54, 1.807) is 11.9 Å². The van der Waals surface area contributed by atoms with E-state index in [1.807, 2.05) is 6.07 Å².